The quantitative estimate of drug-likeness (QED) is 0.855. The Labute approximate surface area is 101 Å². The highest BCUT2D eigenvalue weighted by Crippen LogP contribution is 2.17. The molecule has 2 rings (SSSR count). The molecule has 17 heavy (non-hydrogen) atoms. The maximum absolute atomic E-state index is 10.2. The molecule has 90 valence electrons. The summed E-state index contributed by atoms with van der Waals surface area (Å²) in [7, 11) is 0. The Kier molecular flexibility index (Phi) is 3.88. The van der Waals surface area contributed by atoms with E-state index in [1.165, 1.54) is 0 Å². The van der Waals surface area contributed by atoms with Crippen molar-refractivity contribution < 1.29 is 5.11 Å². The molecule has 0 saturated carbocycles. The van der Waals surface area contributed by atoms with Gasteiger partial charge in [-0.05, 0) is 12.0 Å². The maximum Gasteiger partial charge on any atom is 0.101 e. The van der Waals surface area contributed by atoms with Gasteiger partial charge in [-0.2, -0.15) is 0 Å². The number of hydrogen-bond acceptors (Lipinski definition) is 3. The van der Waals surface area contributed by atoms with Crippen molar-refractivity contribution in [2.75, 3.05) is 0 Å². The van der Waals surface area contributed by atoms with E-state index in [1.807, 2.05) is 30.3 Å². The summed E-state index contributed by atoms with van der Waals surface area (Å²) in [4.78, 5) is 0. The van der Waals surface area contributed by atoms with E-state index in [0.29, 0.717) is 6.42 Å². The summed E-state index contributed by atoms with van der Waals surface area (Å²) in [6.07, 6.45) is 2.68. The lowest BCUT2D eigenvalue weighted by atomic mass is 10.1. The molecule has 0 spiro atoms. The molecule has 0 amide bonds. The highest BCUT2D eigenvalue weighted by atomic mass is 16.3. The number of aromatic nitrogens is 3. The summed E-state index contributed by atoms with van der Waals surface area (Å²) in [5.74, 6) is 0. The van der Waals surface area contributed by atoms with E-state index in [1.54, 1.807) is 10.9 Å². The molecule has 4 nitrogen and oxygen atoms in total. The van der Waals surface area contributed by atoms with E-state index in [2.05, 4.69) is 17.2 Å². The van der Waals surface area contributed by atoms with Crippen molar-refractivity contribution in [3.05, 3.63) is 47.8 Å². The van der Waals surface area contributed by atoms with Gasteiger partial charge in [-0.1, -0.05) is 42.5 Å². The molecule has 4 heteroatoms. The van der Waals surface area contributed by atoms with Crippen LogP contribution in [0.3, 0.4) is 0 Å². The third kappa shape index (κ3) is 2.91. The predicted molar refractivity (Wildman–Crippen MR) is 65.4 cm³/mol. The van der Waals surface area contributed by atoms with Gasteiger partial charge >= 0.3 is 0 Å². The van der Waals surface area contributed by atoms with Crippen molar-refractivity contribution in [3.63, 3.8) is 0 Å². The normalized spacial score (nSPS) is 12.6. The van der Waals surface area contributed by atoms with Crippen LogP contribution >= 0.6 is 0 Å². The molecule has 1 atom stereocenters. The maximum atomic E-state index is 10.2. The van der Waals surface area contributed by atoms with Gasteiger partial charge in [0.25, 0.3) is 0 Å². The predicted octanol–water partition coefficient (Wildman–Crippen LogP) is 1.96. The van der Waals surface area contributed by atoms with Crippen LogP contribution in [0.25, 0.3) is 0 Å². The molecule has 1 aromatic heterocycles. The number of aryl methyl sites for hydroxylation is 1. The lowest BCUT2D eigenvalue weighted by Crippen LogP contribution is -2.11. The summed E-state index contributed by atoms with van der Waals surface area (Å²) >= 11 is 0. The number of hydrogen-bond donors (Lipinski definition) is 1. The average Bonchev–Trinajstić information content (AvgIpc) is 2.79. The molecule has 0 aliphatic rings. The third-order valence-corrected chi connectivity index (χ3v) is 2.70. The molecule has 0 bridgehead atoms. The molecule has 0 fully saturated rings. The van der Waals surface area contributed by atoms with Gasteiger partial charge in [-0.3, -0.25) is 0 Å². The van der Waals surface area contributed by atoms with Crippen molar-refractivity contribution >= 4 is 0 Å². The van der Waals surface area contributed by atoms with Crippen LogP contribution in [0, 0.1) is 0 Å². The second-order valence-electron chi connectivity index (χ2n) is 4.09. The number of aliphatic hydroxyl groups is 1. The minimum absolute atomic E-state index is 0.543. The Morgan fingerprint density at radius 1 is 1.29 bits per heavy atom. The van der Waals surface area contributed by atoms with Crippen LogP contribution in [0.15, 0.2) is 36.5 Å². The second kappa shape index (κ2) is 5.59. The van der Waals surface area contributed by atoms with Gasteiger partial charge in [0.15, 0.2) is 0 Å². The summed E-state index contributed by atoms with van der Waals surface area (Å²) in [5, 5.41) is 18.0. The van der Waals surface area contributed by atoms with Crippen LogP contribution < -0.4 is 0 Å². The summed E-state index contributed by atoms with van der Waals surface area (Å²) in [5.41, 5.74) is 1.90. The van der Waals surface area contributed by atoms with Crippen LogP contribution in [-0.4, -0.2) is 20.1 Å². The first-order valence-corrected chi connectivity index (χ1v) is 5.91. The van der Waals surface area contributed by atoms with Crippen molar-refractivity contribution in [1.82, 2.24) is 15.0 Å². The van der Waals surface area contributed by atoms with Crippen molar-refractivity contribution in [2.24, 2.45) is 0 Å². The van der Waals surface area contributed by atoms with E-state index < -0.39 is 6.10 Å². The first-order valence-electron chi connectivity index (χ1n) is 5.91. The second-order valence-corrected chi connectivity index (χ2v) is 4.09. The number of benzene rings is 1. The first kappa shape index (κ1) is 11.8. The van der Waals surface area contributed by atoms with Gasteiger partial charge in [0.2, 0.25) is 0 Å². The van der Waals surface area contributed by atoms with Gasteiger partial charge in [0, 0.05) is 13.0 Å². The highest BCUT2D eigenvalue weighted by Gasteiger charge is 2.14. The van der Waals surface area contributed by atoms with Crippen molar-refractivity contribution in [2.45, 2.75) is 32.4 Å². The lowest BCUT2D eigenvalue weighted by Gasteiger charge is -2.11. The fourth-order valence-electron chi connectivity index (χ4n) is 1.85. The van der Waals surface area contributed by atoms with Gasteiger partial charge in [-0.25, -0.2) is 4.68 Å². The summed E-state index contributed by atoms with van der Waals surface area (Å²) in [6.45, 7) is 2.87. The standard InChI is InChI=1S/C13H17N3O/c1-2-8-16-12(10-14-15-16)13(17)9-11-6-4-3-5-7-11/h3-7,10,13,17H,2,8-9H2,1H3. The van der Waals surface area contributed by atoms with Gasteiger partial charge in [0.05, 0.1) is 11.9 Å². The number of nitrogens with zero attached hydrogens (tertiary/aromatic N) is 3. The van der Waals surface area contributed by atoms with E-state index in [9.17, 15) is 5.11 Å². The minimum Gasteiger partial charge on any atom is -0.386 e. The zero-order valence-electron chi connectivity index (χ0n) is 9.95. The van der Waals surface area contributed by atoms with Crippen LogP contribution in [0.1, 0.15) is 30.7 Å². The highest BCUT2D eigenvalue weighted by molar-refractivity contribution is 5.17. The van der Waals surface area contributed by atoms with E-state index in [-0.39, 0.29) is 0 Å². The molecular weight excluding hydrogens is 214 g/mol. The van der Waals surface area contributed by atoms with Crippen molar-refractivity contribution in [3.8, 4) is 0 Å². The Hall–Kier alpha value is -1.68. The monoisotopic (exact) mass is 231 g/mol. The van der Waals surface area contributed by atoms with E-state index >= 15 is 0 Å². The molecule has 1 N–H and O–H groups in total. The molecule has 1 heterocycles. The van der Waals surface area contributed by atoms with Crippen LogP contribution in [-0.2, 0) is 13.0 Å². The summed E-state index contributed by atoms with van der Waals surface area (Å²) in [6, 6.07) is 9.94. The third-order valence-electron chi connectivity index (χ3n) is 2.70. The molecule has 0 aliphatic heterocycles. The van der Waals surface area contributed by atoms with Crippen LogP contribution in [0.5, 0.6) is 0 Å². The number of aliphatic hydroxyl groups excluding tert-OH is 1. The van der Waals surface area contributed by atoms with Crippen LogP contribution in [0.4, 0.5) is 0 Å². The molecule has 2 aromatic rings. The smallest absolute Gasteiger partial charge is 0.101 e. The van der Waals surface area contributed by atoms with E-state index in [0.717, 1.165) is 24.2 Å². The Bertz CT molecular complexity index is 453. The zero-order valence-corrected chi connectivity index (χ0v) is 9.95. The molecule has 0 aliphatic carbocycles. The molecular formula is C13H17N3O. The largest absolute Gasteiger partial charge is 0.386 e. The Morgan fingerprint density at radius 3 is 2.76 bits per heavy atom. The molecule has 1 aromatic carbocycles. The average molecular weight is 231 g/mol. The zero-order chi connectivity index (χ0) is 12.1. The first-order chi connectivity index (χ1) is 8.31. The van der Waals surface area contributed by atoms with Gasteiger partial charge < -0.3 is 5.11 Å². The SMILES string of the molecule is CCCn1nncc1C(O)Cc1ccccc1. The number of rotatable bonds is 5. The summed E-state index contributed by atoms with van der Waals surface area (Å²) < 4.78 is 1.77. The Morgan fingerprint density at radius 2 is 2.06 bits per heavy atom. The fourth-order valence-corrected chi connectivity index (χ4v) is 1.85. The molecule has 1 unspecified atom stereocenters. The van der Waals surface area contributed by atoms with Gasteiger partial charge in [-0.15, -0.1) is 5.10 Å². The van der Waals surface area contributed by atoms with E-state index in [4.69, 9.17) is 0 Å². The van der Waals surface area contributed by atoms with Crippen LogP contribution in [0.2, 0.25) is 0 Å². The minimum atomic E-state index is -0.543. The molecule has 0 saturated heterocycles. The Balaban J connectivity index is 2.09. The lowest BCUT2D eigenvalue weighted by molar-refractivity contribution is 0.166. The fraction of sp³-hybridized carbons (Fsp3) is 0.385. The van der Waals surface area contributed by atoms with Crippen molar-refractivity contribution in [1.29, 1.82) is 0 Å². The van der Waals surface area contributed by atoms with Gasteiger partial charge in [0.1, 0.15) is 6.10 Å². The molecule has 0 radical (unpaired) electrons. The topological polar surface area (TPSA) is 50.9 Å².